The summed E-state index contributed by atoms with van der Waals surface area (Å²) in [6.07, 6.45) is 3.92. The molecule has 0 unspecified atom stereocenters. The fourth-order valence-corrected chi connectivity index (χ4v) is 6.77. The Kier molecular flexibility index (Phi) is 9.92. The molecule has 4 rings (SSSR count). The van der Waals surface area contributed by atoms with Gasteiger partial charge in [0.05, 0.1) is 10.6 Å². The summed E-state index contributed by atoms with van der Waals surface area (Å²) < 4.78 is 29.6. The molecule has 7 nitrogen and oxygen atoms in total. The summed E-state index contributed by atoms with van der Waals surface area (Å²) in [5, 5.41) is 3.52. The van der Waals surface area contributed by atoms with Crippen molar-refractivity contribution in [2.45, 2.75) is 63.1 Å². The van der Waals surface area contributed by atoms with Crippen LogP contribution >= 0.6 is 27.5 Å². The van der Waals surface area contributed by atoms with E-state index in [1.165, 1.54) is 17.0 Å². The third kappa shape index (κ3) is 7.25. The molecule has 212 valence electrons. The molecule has 1 N–H and O–H groups in total. The molecule has 0 aromatic heterocycles. The third-order valence-electron chi connectivity index (χ3n) is 7.15. The Balaban J connectivity index is 1.69. The van der Waals surface area contributed by atoms with Gasteiger partial charge in [-0.1, -0.05) is 82.3 Å². The van der Waals surface area contributed by atoms with Crippen LogP contribution in [-0.4, -0.2) is 43.8 Å². The highest BCUT2D eigenvalue weighted by molar-refractivity contribution is 9.10. The first-order valence-electron chi connectivity index (χ1n) is 13.2. The normalized spacial score (nSPS) is 14.5. The van der Waals surface area contributed by atoms with Gasteiger partial charge in [0, 0.05) is 22.1 Å². The van der Waals surface area contributed by atoms with Crippen LogP contribution in [0, 0.1) is 6.92 Å². The number of carbonyl (C=O) groups excluding carboxylic acids is 2. The summed E-state index contributed by atoms with van der Waals surface area (Å²) in [4.78, 5) is 28.8. The third-order valence-corrected chi connectivity index (χ3v) is 9.80. The number of nitrogens with zero attached hydrogens (tertiary/aromatic N) is 2. The SMILES string of the molecule is Cc1ccc(S(=O)(=O)N(CC(=O)N(Cc2ccccc2Cl)[C@@H](C)C(=O)NC2CCCC2)c2cccc(Br)c2)cc1. The maximum atomic E-state index is 14.0. The summed E-state index contributed by atoms with van der Waals surface area (Å²) in [5.74, 6) is -0.799. The first kappa shape index (κ1) is 30.1. The fraction of sp³-hybridized carbons (Fsp3) is 0.333. The maximum absolute atomic E-state index is 14.0. The fourth-order valence-electron chi connectivity index (χ4n) is 4.78. The van der Waals surface area contributed by atoms with E-state index in [0.29, 0.717) is 20.7 Å². The van der Waals surface area contributed by atoms with Gasteiger partial charge >= 0.3 is 0 Å². The van der Waals surface area contributed by atoms with E-state index in [0.717, 1.165) is 35.6 Å². The first-order chi connectivity index (χ1) is 19.1. The minimum absolute atomic E-state index is 0.0503. The van der Waals surface area contributed by atoms with Crippen molar-refractivity contribution in [3.63, 3.8) is 0 Å². The summed E-state index contributed by atoms with van der Waals surface area (Å²) in [7, 11) is -4.12. The Morgan fingerprint density at radius 3 is 2.35 bits per heavy atom. The molecular weight excluding hydrogens is 614 g/mol. The molecule has 0 radical (unpaired) electrons. The minimum atomic E-state index is -4.12. The van der Waals surface area contributed by atoms with Gasteiger partial charge in [-0.15, -0.1) is 0 Å². The van der Waals surface area contributed by atoms with E-state index in [9.17, 15) is 18.0 Å². The number of hydrogen-bond acceptors (Lipinski definition) is 4. The molecule has 2 amide bonds. The van der Waals surface area contributed by atoms with Crippen molar-refractivity contribution >= 4 is 55.1 Å². The molecule has 3 aromatic rings. The lowest BCUT2D eigenvalue weighted by Crippen LogP contribution is -2.52. The second-order valence-corrected chi connectivity index (χ2v) is 13.3. The highest BCUT2D eigenvalue weighted by atomic mass is 79.9. The largest absolute Gasteiger partial charge is 0.352 e. The topological polar surface area (TPSA) is 86.8 Å². The maximum Gasteiger partial charge on any atom is 0.264 e. The van der Waals surface area contributed by atoms with Crippen molar-refractivity contribution in [2.24, 2.45) is 0 Å². The van der Waals surface area contributed by atoms with Gasteiger partial charge in [-0.3, -0.25) is 13.9 Å². The van der Waals surface area contributed by atoms with Crippen LogP contribution in [0.15, 0.2) is 82.2 Å². The molecule has 1 atom stereocenters. The monoisotopic (exact) mass is 645 g/mol. The first-order valence-corrected chi connectivity index (χ1v) is 15.9. The number of halogens is 2. The minimum Gasteiger partial charge on any atom is -0.352 e. The summed E-state index contributed by atoms with van der Waals surface area (Å²) in [6, 6.07) is 19.6. The zero-order chi connectivity index (χ0) is 28.9. The number of rotatable bonds is 10. The Morgan fingerprint density at radius 1 is 1.02 bits per heavy atom. The molecule has 40 heavy (non-hydrogen) atoms. The van der Waals surface area contributed by atoms with Gasteiger partial charge in [0.15, 0.2) is 0 Å². The zero-order valence-corrected chi connectivity index (χ0v) is 25.7. The van der Waals surface area contributed by atoms with E-state index in [1.54, 1.807) is 61.5 Å². The molecule has 1 aliphatic carbocycles. The van der Waals surface area contributed by atoms with E-state index in [2.05, 4.69) is 21.2 Å². The number of hydrogen-bond donors (Lipinski definition) is 1. The number of nitrogens with one attached hydrogen (secondary N) is 1. The smallest absolute Gasteiger partial charge is 0.264 e. The number of carbonyl (C=O) groups is 2. The summed E-state index contributed by atoms with van der Waals surface area (Å²) in [5.41, 5.74) is 1.90. The quantitative estimate of drug-likeness (QED) is 0.289. The van der Waals surface area contributed by atoms with Crippen LogP contribution in [0.5, 0.6) is 0 Å². The van der Waals surface area contributed by atoms with Crippen LogP contribution in [0.1, 0.15) is 43.7 Å². The molecule has 0 bridgehead atoms. The summed E-state index contributed by atoms with van der Waals surface area (Å²) in [6.45, 7) is 3.08. The standard InChI is InChI=1S/C30H33BrClN3O4S/c1-21-14-16-27(17-15-21)40(38,39)35(26-12-7-9-24(31)18-26)20-29(36)34(19-23-8-3-6-13-28(23)32)22(2)30(37)33-25-10-4-5-11-25/h3,6-9,12-18,22,25H,4-5,10-11,19-20H2,1-2H3,(H,33,37)/t22-/m0/s1. The molecule has 3 aromatic carbocycles. The van der Waals surface area contributed by atoms with Crippen LogP contribution < -0.4 is 9.62 Å². The lowest BCUT2D eigenvalue weighted by Gasteiger charge is -2.32. The molecule has 0 heterocycles. The Labute approximate surface area is 249 Å². The van der Waals surface area contributed by atoms with Crippen LogP contribution in [0.2, 0.25) is 5.02 Å². The van der Waals surface area contributed by atoms with Gasteiger partial charge in [-0.25, -0.2) is 8.42 Å². The van der Waals surface area contributed by atoms with Gasteiger partial charge in [0.25, 0.3) is 10.0 Å². The van der Waals surface area contributed by atoms with Crippen LogP contribution in [-0.2, 0) is 26.2 Å². The molecule has 10 heteroatoms. The number of benzene rings is 3. The van der Waals surface area contributed by atoms with E-state index < -0.39 is 28.5 Å². The van der Waals surface area contributed by atoms with Gasteiger partial charge in [-0.05, 0) is 68.7 Å². The Morgan fingerprint density at radius 2 is 1.70 bits per heavy atom. The molecule has 0 spiro atoms. The molecule has 1 fully saturated rings. The number of amides is 2. The van der Waals surface area contributed by atoms with Crippen LogP contribution in [0.3, 0.4) is 0 Å². The van der Waals surface area contributed by atoms with Crippen molar-refractivity contribution in [3.05, 3.63) is 93.4 Å². The molecule has 0 aliphatic heterocycles. The predicted octanol–water partition coefficient (Wildman–Crippen LogP) is 6.08. The van der Waals surface area contributed by atoms with Crippen molar-refractivity contribution in [1.82, 2.24) is 10.2 Å². The van der Waals surface area contributed by atoms with E-state index in [1.807, 2.05) is 13.0 Å². The van der Waals surface area contributed by atoms with Gasteiger partial charge in [-0.2, -0.15) is 0 Å². The zero-order valence-electron chi connectivity index (χ0n) is 22.5. The molecule has 1 saturated carbocycles. The average molecular weight is 647 g/mol. The van der Waals surface area contributed by atoms with E-state index in [-0.39, 0.29) is 23.4 Å². The second-order valence-electron chi connectivity index (χ2n) is 10.1. The number of aryl methyl sites for hydroxylation is 1. The van der Waals surface area contributed by atoms with Crippen molar-refractivity contribution in [1.29, 1.82) is 0 Å². The van der Waals surface area contributed by atoms with Crippen LogP contribution in [0.25, 0.3) is 0 Å². The lowest BCUT2D eigenvalue weighted by atomic mass is 10.1. The predicted molar refractivity (Wildman–Crippen MR) is 162 cm³/mol. The van der Waals surface area contributed by atoms with Crippen molar-refractivity contribution in [3.8, 4) is 0 Å². The van der Waals surface area contributed by atoms with E-state index in [4.69, 9.17) is 11.6 Å². The number of anilines is 1. The summed E-state index contributed by atoms with van der Waals surface area (Å²) >= 11 is 9.84. The van der Waals surface area contributed by atoms with Crippen molar-refractivity contribution < 1.29 is 18.0 Å². The number of sulfonamides is 1. The average Bonchev–Trinajstić information content (AvgIpc) is 3.44. The van der Waals surface area contributed by atoms with E-state index >= 15 is 0 Å². The molecule has 1 aliphatic rings. The van der Waals surface area contributed by atoms with Crippen LogP contribution in [0.4, 0.5) is 5.69 Å². The highest BCUT2D eigenvalue weighted by Crippen LogP contribution is 2.28. The Bertz CT molecular complexity index is 1460. The molecular formula is C30H33BrClN3O4S. The second kappa shape index (κ2) is 13.2. The van der Waals surface area contributed by atoms with Gasteiger partial charge in [0.2, 0.25) is 11.8 Å². The van der Waals surface area contributed by atoms with Crippen molar-refractivity contribution in [2.75, 3.05) is 10.8 Å². The Hall–Kier alpha value is -2.88. The highest BCUT2D eigenvalue weighted by Gasteiger charge is 2.33. The lowest BCUT2D eigenvalue weighted by molar-refractivity contribution is -0.139. The van der Waals surface area contributed by atoms with Gasteiger partial charge < -0.3 is 10.2 Å². The van der Waals surface area contributed by atoms with Gasteiger partial charge in [0.1, 0.15) is 12.6 Å². The molecule has 0 saturated heterocycles.